The second kappa shape index (κ2) is 7.03. The molecule has 0 aliphatic carbocycles. The van der Waals surface area contributed by atoms with Gasteiger partial charge in [-0.15, -0.1) is 0 Å². The SMILES string of the molecule is CS(=O)(=O)NCCCNc1nc2c(cnn2-c2ccccc2)c(=O)[nH]1. The Balaban J connectivity index is 1.78. The zero-order valence-electron chi connectivity index (χ0n) is 13.6. The van der Waals surface area contributed by atoms with E-state index in [4.69, 9.17) is 0 Å². The molecule has 0 atom stereocenters. The maximum absolute atomic E-state index is 12.2. The highest BCUT2D eigenvalue weighted by Gasteiger charge is 2.11. The highest BCUT2D eigenvalue weighted by molar-refractivity contribution is 7.88. The second-order valence-corrected chi connectivity index (χ2v) is 7.32. The molecular weight excluding hydrogens is 344 g/mol. The van der Waals surface area contributed by atoms with E-state index in [0.29, 0.717) is 36.5 Å². The molecule has 1 aromatic carbocycles. The molecule has 3 aromatic rings. The van der Waals surface area contributed by atoms with Gasteiger partial charge in [-0.05, 0) is 18.6 Å². The van der Waals surface area contributed by atoms with Gasteiger partial charge in [-0.3, -0.25) is 9.78 Å². The first-order valence-corrected chi connectivity index (χ1v) is 9.55. The van der Waals surface area contributed by atoms with Crippen molar-refractivity contribution in [2.45, 2.75) is 6.42 Å². The standard InChI is InChI=1S/C15H18N6O3S/c1-25(23,24)18-9-5-8-16-15-19-13-12(14(22)20-15)10-17-21(13)11-6-3-2-4-7-11/h2-4,6-7,10,18H,5,8-9H2,1H3,(H2,16,19,20,22). The molecule has 10 heteroatoms. The molecule has 0 spiro atoms. The molecule has 2 heterocycles. The number of fused-ring (bicyclic) bond motifs is 1. The van der Waals surface area contributed by atoms with Crippen molar-refractivity contribution in [2.24, 2.45) is 0 Å². The maximum atomic E-state index is 12.2. The van der Waals surface area contributed by atoms with Crippen LogP contribution in [0.4, 0.5) is 5.95 Å². The van der Waals surface area contributed by atoms with Gasteiger partial charge in [0.25, 0.3) is 5.56 Å². The molecule has 3 rings (SSSR count). The van der Waals surface area contributed by atoms with Crippen LogP contribution in [0.2, 0.25) is 0 Å². The monoisotopic (exact) mass is 362 g/mol. The van der Waals surface area contributed by atoms with Gasteiger partial charge < -0.3 is 5.32 Å². The third-order valence-corrected chi connectivity index (χ3v) is 4.18. The Hall–Kier alpha value is -2.72. The molecule has 0 bridgehead atoms. The molecule has 0 amide bonds. The number of rotatable bonds is 7. The van der Waals surface area contributed by atoms with E-state index in [1.54, 1.807) is 4.68 Å². The van der Waals surface area contributed by atoms with Gasteiger partial charge in [0.05, 0.1) is 18.1 Å². The fourth-order valence-electron chi connectivity index (χ4n) is 2.31. The van der Waals surface area contributed by atoms with Crippen molar-refractivity contribution >= 4 is 27.0 Å². The van der Waals surface area contributed by atoms with Crippen LogP contribution in [0, 0.1) is 0 Å². The summed E-state index contributed by atoms with van der Waals surface area (Å²) in [5.74, 6) is 0.314. The van der Waals surface area contributed by atoms with Gasteiger partial charge in [0.15, 0.2) is 5.65 Å². The van der Waals surface area contributed by atoms with Crippen LogP contribution in [-0.4, -0.2) is 47.5 Å². The van der Waals surface area contributed by atoms with Crippen molar-refractivity contribution in [3.05, 3.63) is 46.9 Å². The van der Waals surface area contributed by atoms with E-state index in [-0.39, 0.29) is 5.56 Å². The quantitative estimate of drug-likeness (QED) is 0.525. The minimum absolute atomic E-state index is 0.288. The summed E-state index contributed by atoms with van der Waals surface area (Å²) in [7, 11) is -3.20. The predicted octanol–water partition coefficient (Wildman–Crippen LogP) is 0.460. The summed E-state index contributed by atoms with van der Waals surface area (Å²) in [5, 5.41) is 7.62. The van der Waals surface area contributed by atoms with Gasteiger partial charge in [-0.2, -0.15) is 10.1 Å². The van der Waals surface area contributed by atoms with Gasteiger partial charge in [-0.25, -0.2) is 17.8 Å². The number of nitrogens with zero attached hydrogens (tertiary/aromatic N) is 3. The van der Waals surface area contributed by atoms with Crippen molar-refractivity contribution in [1.82, 2.24) is 24.5 Å². The molecule has 2 aromatic heterocycles. The van der Waals surface area contributed by atoms with E-state index in [0.717, 1.165) is 11.9 Å². The summed E-state index contributed by atoms with van der Waals surface area (Å²) in [4.78, 5) is 19.3. The summed E-state index contributed by atoms with van der Waals surface area (Å²) in [6, 6.07) is 9.40. The first-order valence-electron chi connectivity index (χ1n) is 7.66. The number of nitrogens with one attached hydrogen (secondary N) is 3. The molecule has 0 unspecified atom stereocenters. The Kier molecular flexibility index (Phi) is 4.81. The Morgan fingerprint density at radius 1 is 1.20 bits per heavy atom. The largest absolute Gasteiger partial charge is 0.356 e. The normalized spacial score (nSPS) is 11.7. The van der Waals surface area contributed by atoms with E-state index in [9.17, 15) is 13.2 Å². The molecule has 0 saturated carbocycles. The molecule has 0 radical (unpaired) electrons. The summed E-state index contributed by atoms with van der Waals surface area (Å²) < 4.78 is 26.0. The van der Waals surface area contributed by atoms with Crippen LogP contribution in [0.1, 0.15) is 6.42 Å². The summed E-state index contributed by atoms with van der Waals surface area (Å²) in [6.45, 7) is 0.761. The van der Waals surface area contributed by atoms with E-state index in [1.807, 2.05) is 30.3 Å². The number of sulfonamides is 1. The number of anilines is 1. The first kappa shape index (κ1) is 17.1. The van der Waals surface area contributed by atoms with Crippen LogP contribution in [0.3, 0.4) is 0 Å². The fraction of sp³-hybridized carbons (Fsp3) is 0.267. The maximum Gasteiger partial charge on any atom is 0.263 e. The van der Waals surface area contributed by atoms with Gasteiger partial charge in [0, 0.05) is 13.1 Å². The Labute approximate surface area is 144 Å². The fourth-order valence-corrected chi connectivity index (χ4v) is 2.83. The number of aromatic amines is 1. The highest BCUT2D eigenvalue weighted by atomic mass is 32.2. The Morgan fingerprint density at radius 3 is 2.68 bits per heavy atom. The van der Waals surface area contributed by atoms with Gasteiger partial charge in [0.1, 0.15) is 5.39 Å². The van der Waals surface area contributed by atoms with Crippen LogP contribution in [-0.2, 0) is 10.0 Å². The van der Waals surface area contributed by atoms with E-state index >= 15 is 0 Å². The molecule has 0 aliphatic heterocycles. The lowest BCUT2D eigenvalue weighted by molar-refractivity contribution is 0.586. The molecule has 0 aliphatic rings. The first-order chi connectivity index (χ1) is 11.9. The van der Waals surface area contributed by atoms with E-state index in [1.165, 1.54) is 6.20 Å². The summed E-state index contributed by atoms with van der Waals surface area (Å²) >= 11 is 0. The number of hydrogen-bond donors (Lipinski definition) is 3. The Morgan fingerprint density at radius 2 is 1.96 bits per heavy atom. The average Bonchev–Trinajstić information content (AvgIpc) is 2.99. The topological polar surface area (TPSA) is 122 Å². The van der Waals surface area contributed by atoms with Crippen LogP contribution in [0.5, 0.6) is 0 Å². The van der Waals surface area contributed by atoms with E-state index < -0.39 is 10.0 Å². The van der Waals surface area contributed by atoms with Gasteiger partial charge in [-0.1, -0.05) is 18.2 Å². The van der Waals surface area contributed by atoms with Crippen LogP contribution < -0.4 is 15.6 Å². The summed E-state index contributed by atoms with van der Waals surface area (Å²) in [5.41, 5.74) is 0.967. The van der Waals surface area contributed by atoms with Gasteiger partial charge >= 0.3 is 0 Å². The molecule has 132 valence electrons. The van der Waals surface area contributed by atoms with Crippen molar-refractivity contribution in [2.75, 3.05) is 24.7 Å². The van der Waals surface area contributed by atoms with Crippen molar-refractivity contribution in [3.63, 3.8) is 0 Å². The number of benzene rings is 1. The van der Waals surface area contributed by atoms with Gasteiger partial charge in [0.2, 0.25) is 16.0 Å². The van der Waals surface area contributed by atoms with Crippen LogP contribution >= 0.6 is 0 Å². The minimum Gasteiger partial charge on any atom is -0.356 e. The highest BCUT2D eigenvalue weighted by Crippen LogP contribution is 2.14. The molecular formula is C15H18N6O3S. The molecule has 3 N–H and O–H groups in total. The number of H-pyrrole nitrogens is 1. The van der Waals surface area contributed by atoms with Crippen LogP contribution in [0.25, 0.3) is 16.7 Å². The molecule has 25 heavy (non-hydrogen) atoms. The molecule has 0 fully saturated rings. The Bertz CT molecular complexity index is 1030. The predicted molar refractivity (Wildman–Crippen MR) is 95.4 cm³/mol. The number of aromatic nitrogens is 4. The van der Waals surface area contributed by atoms with Crippen molar-refractivity contribution < 1.29 is 8.42 Å². The van der Waals surface area contributed by atoms with E-state index in [2.05, 4.69) is 25.1 Å². The number of para-hydroxylation sites is 1. The lowest BCUT2D eigenvalue weighted by Gasteiger charge is -2.07. The zero-order valence-corrected chi connectivity index (χ0v) is 14.4. The van der Waals surface area contributed by atoms with Crippen molar-refractivity contribution in [3.8, 4) is 5.69 Å². The summed E-state index contributed by atoms with van der Waals surface area (Å²) in [6.07, 6.45) is 3.14. The molecule has 9 nitrogen and oxygen atoms in total. The van der Waals surface area contributed by atoms with Crippen LogP contribution in [0.15, 0.2) is 41.3 Å². The third-order valence-electron chi connectivity index (χ3n) is 3.45. The zero-order chi connectivity index (χ0) is 17.9. The smallest absolute Gasteiger partial charge is 0.263 e. The molecule has 0 saturated heterocycles. The lowest BCUT2D eigenvalue weighted by atomic mass is 10.3. The minimum atomic E-state index is -3.20. The van der Waals surface area contributed by atoms with Crippen molar-refractivity contribution in [1.29, 1.82) is 0 Å². The number of hydrogen-bond acceptors (Lipinski definition) is 6. The average molecular weight is 362 g/mol. The second-order valence-electron chi connectivity index (χ2n) is 5.49. The lowest BCUT2D eigenvalue weighted by Crippen LogP contribution is -2.25. The third kappa shape index (κ3) is 4.22.